The molecular weight excluding hydrogens is 248 g/mol. The molecule has 6 nitrogen and oxygen atoms in total. The lowest BCUT2D eigenvalue weighted by Crippen LogP contribution is -2.53. The number of carbonyl (C=O) groups excluding carboxylic acids is 2. The quantitative estimate of drug-likeness (QED) is 0.841. The third-order valence-electron chi connectivity index (χ3n) is 2.98. The first-order valence-electron chi connectivity index (χ1n) is 6.76. The second-order valence-corrected chi connectivity index (χ2v) is 4.09. The van der Waals surface area contributed by atoms with Gasteiger partial charge in [0.2, 0.25) is 5.91 Å². The van der Waals surface area contributed by atoms with Crippen LogP contribution in [0.15, 0.2) is 0 Å². The molecule has 0 bridgehead atoms. The molecule has 1 aliphatic heterocycles. The molecule has 1 fully saturated rings. The van der Waals surface area contributed by atoms with Crippen LogP contribution in [0.2, 0.25) is 0 Å². The lowest BCUT2D eigenvalue weighted by Gasteiger charge is -2.27. The number of alkyl carbamates (subject to hydrolysis) is 1. The maximum absolute atomic E-state index is 12.2. The van der Waals surface area contributed by atoms with Gasteiger partial charge in [0.1, 0.15) is 6.04 Å². The fourth-order valence-corrected chi connectivity index (χ4v) is 1.84. The number of ether oxygens (including phenoxy) is 2. The van der Waals surface area contributed by atoms with Crippen LogP contribution in [-0.4, -0.2) is 56.4 Å². The highest BCUT2D eigenvalue weighted by atomic mass is 16.5. The molecule has 6 heteroatoms. The van der Waals surface area contributed by atoms with Gasteiger partial charge < -0.3 is 19.7 Å². The monoisotopic (exact) mass is 274 g/mol. The number of amides is 2. The van der Waals surface area contributed by atoms with Gasteiger partial charge in [-0.25, -0.2) is 4.79 Å². The Labute approximate surface area is 115 Å². The molecule has 2 atom stereocenters. The lowest BCUT2D eigenvalue weighted by molar-refractivity contribution is -0.135. The van der Waals surface area contributed by atoms with Crippen molar-refractivity contribution in [3.8, 4) is 0 Å². The predicted octanol–water partition coefficient (Wildman–Crippen LogP) is 1.39. The van der Waals surface area contributed by atoms with E-state index in [-0.39, 0.29) is 12.0 Å². The molecule has 0 aromatic heterocycles. The van der Waals surface area contributed by atoms with Gasteiger partial charge in [-0.1, -0.05) is 13.8 Å². The van der Waals surface area contributed by atoms with Crippen molar-refractivity contribution in [1.82, 2.24) is 10.2 Å². The Hall–Kier alpha value is -1.30. The Morgan fingerprint density at radius 1 is 1.16 bits per heavy atom. The molecular formula is C13H26N2O4. The van der Waals surface area contributed by atoms with Crippen LogP contribution in [0.3, 0.4) is 0 Å². The van der Waals surface area contributed by atoms with Crippen LogP contribution in [0.1, 0.15) is 33.6 Å². The van der Waals surface area contributed by atoms with E-state index in [4.69, 9.17) is 4.74 Å². The lowest BCUT2D eigenvalue weighted by atomic mass is 10.1. The third-order valence-corrected chi connectivity index (χ3v) is 2.98. The van der Waals surface area contributed by atoms with Crippen molar-refractivity contribution in [2.24, 2.45) is 0 Å². The van der Waals surface area contributed by atoms with Crippen molar-refractivity contribution < 1.29 is 19.1 Å². The molecule has 2 amide bonds. The number of rotatable bonds is 4. The summed E-state index contributed by atoms with van der Waals surface area (Å²) in [6.45, 7) is 7.23. The molecule has 112 valence electrons. The summed E-state index contributed by atoms with van der Waals surface area (Å²) in [7, 11) is 2.78. The van der Waals surface area contributed by atoms with Crippen LogP contribution >= 0.6 is 0 Å². The number of nitrogens with zero attached hydrogens (tertiary/aromatic N) is 1. The van der Waals surface area contributed by atoms with Gasteiger partial charge in [0.15, 0.2) is 0 Å². The van der Waals surface area contributed by atoms with Crippen molar-refractivity contribution in [3.05, 3.63) is 0 Å². The number of nitrogens with one attached hydrogen (secondary N) is 1. The highest BCUT2D eigenvalue weighted by Crippen LogP contribution is 2.11. The smallest absolute Gasteiger partial charge is 0.407 e. The minimum absolute atomic E-state index is 0.109. The molecule has 0 aromatic rings. The number of hydrogen-bond acceptors (Lipinski definition) is 4. The Morgan fingerprint density at radius 2 is 1.68 bits per heavy atom. The third kappa shape index (κ3) is 5.46. The molecule has 0 unspecified atom stereocenters. The fraction of sp³-hybridized carbons (Fsp3) is 0.846. The molecule has 0 saturated carbocycles. The summed E-state index contributed by atoms with van der Waals surface area (Å²) < 4.78 is 9.63. The molecule has 1 rings (SSSR count). The molecule has 0 radical (unpaired) electrons. The van der Waals surface area contributed by atoms with Gasteiger partial charge in [-0.3, -0.25) is 4.79 Å². The van der Waals surface area contributed by atoms with Crippen LogP contribution in [0, 0.1) is 0 Å². The summed E-state index contributed by atoms with van der Waals surface area (Å²) in [6, 6.07) is -0.689. The van der Waals surface area contributed by atoms with Gasteiger partial charge in [-0.2, -0.15) is 0 Å². The van der Waals surface area contributed by atoms with E-state index >= 15 is 0 Å². The predicted molar refractivity (Wildman–Crippen MR) is 73.0 cm³/mol. The van der Waals surface area contributed by atoms with E-state index in [1.54, 1.807) is 11.8 Å². The maximum Gasteiger partial charge on any atom is 0.407 e. The molecule has 1 aliphatic rings. The van der Waals surface area contributed by atoms with E-state index < -0.39 is 12.1 Å². The Kier molecular flexibility index (Phi) is 8.95. The highest BCUT2D eigenvalue weighted by Gasteiger charge is 2.32. The van der Waals surface area contributed by atoms with E-state index in [0.717, 1.165) is 25.9 Å². The maximum atomic E-state index is 12.2. The van der Waals surface area contributed by atoms with Gasteiger partial charge in [-0.15, -0.1) is 0 Å². The molecule has 0 spiro atoms. The summed E-state index contributed by atoms with van der Waals surface area (Å²) in [5.41, 5.74) is 0. The van der Waals surface area contributed by atoms with Crippen LogP contribution < -0.4 is 5.32 Å². The van der Waals surface area contributed by atoms with Crippen LogP contribution in [-0.2, 0) is 14.3 Å². The van der Waals surface area contributed by atoms with E-state index in [1.807, 2.05) is 13.8 Å². The topological polar surface area (TPSA) is 67.9 Å². The second-order valence-electron chi connectivity index (χ2n) is 4.09. The molecule has 1 N–H and O–H groups in total. The summed E-state index contributed by atoms with van der Waals surface area (Å²) in [4.78, 5) is 25.1. The van der Waals surface area contributed by atoms with Crippen LogP contribution in [0.4, 0.5) is 4.79 Å². The standard InChI is InChI=1S/C11H20N2O4.C2H6/c1-8(16-2)9(12-11(15)17-3)10(14)13-6-4-5-7-13;1-2/h8-9H,4-7H2,1-3H3,(H,12,15);1-2H3/t8-,9+;/m1./s1. The zero-order valence-electron chi connectivity index (χ0n) is 12.6. The van der Waals surface area contributed by atoms with Crippen molar-refractivity contribution >= 4 is 12.0 Å². The summed E-state index contributed by atoms with van der Waals surface area (Å²) in [5.74, 6) is -0.109. The van der Waals surface area contributed by atoms with Gasteiger partial charge in [0, 0.05) is 20.2 Å². The Balaban J connectivity index is 0.00000154. The van der Waals surface area contributed by atoms with Crippen molar-refractivity contribution in [1.29, 1.82) is 0 Å². The van der Waals surface area contributed by atoms with Gasteiger partial charge in [0.05, 0.1) is 13.2 Å². The van der Waals surface area contributed by atoms with Crippen LogP contribution in [0.25, 0.3) is 0 Å². The summed E-state index contributed by atoms with van der Waals surface area (Å²) >= 11 is 0. The molecule has 1 heterocycles. The summed E-state index contributed by atoms with van der Waals surface area (Å²) in [5, 5.41) is 2.52. The first-order valence-corrected chi connectivity index (χ1v) is 6.76. The average Bonchev–Trinajstić information content (AvgIpc) is 2.99. The van der Waals surface area contributed by atoms with E-state index in [2.05, 4.69) is 10.1 Å². The highest BCUT2D eigenvalue weighted by molar-refractivity contribution is 5.86. The van der Waals surface area contributed by atoms with Gasteiger partial charge in [0.25, 0.3) is 0 Å². The zero-order valence-corrected chi connectivity index (χ0v) is 12.6. The van der Waals surface area contributed by atoms with Gasteiger partial charge >= 0.3 is 6.09 Å². The molecule has 0 aliphatic carbocycles. The number of carbonyl (C=O) groups is 2. The van der Waals surface area contributed by atoms with Crippen molar-refractivity contribution in [3.63, 3.8) is 0 Å². The average molecular weight is 274 g/mol. The van der Waals surface area contributed by atoms with Crippen molar-refractivity contribution in [2.75, 3.05) is 27.3 Å². The number of likely N-dealkylation sites (tertiary alicyclic amines) is 1. The minimum Gasteiger partial charge on any atom is -0.453 e. The SMILES string of the molecule is CC.COC(=O)N[C@H](C(=O)N1CCCC1)[C@@H](C)OC. The summed E-state index contributed by atoms with van der Waals surface area (Å²) in [6.07, 6.45) is 1.02. The van der Waals surface area contributed by atoms with E-state index in [1.165, 1.54) is 14.2 Å². The normalized spacial score (nSPS) is 17.0. The Morgan fingerprint density at radius 3 is 2.11 bits per heavy atom. The molecule has 0 aromatic carbocycles. The largest absolute Gasteiger partial charge is 0.453 e. The van der Waals surface area contributed by atoms with E-state index in [0.29, 0.717) is 0 Å². The van der Waals surface area contributed by atoms with Crippen molar-refractivity contribution in [2.45, 2.75) is 45.8 Å². The first kappa shape index (κ1) is 17.7. The number of hydrogen-bond donors (Lipinski definition) is 1. The van der Waals surface area contributed by atoms with Crippen LogP contribution in [0.5, 0.6) is 0 Å². The fourth-order valence-electron chi connectivity index (χ4n) is 1.84. The first-order chi connectivity index (χ1) is 9.10. The van der Waals surface area contributed by atoms with Gasteiger partial charge in [-0.05, 0) is 19.8 Å². The number of methoxy groups -OCH3 is 2. The minimum atomic E-state index is -0.689. The Bertz CT molecular complexity index is 278. The zero-order chi connectivity index (χ0) is 14.8. The molecule has 1 saturated heterocycles. The second kappa shape index (κ2) is 9.61. The van der Waals surface area contributed by atoms with E-state index in [9.17, 15) is 9.59 Å². The molecule has 19 heavy (non-hydrogen) atoms.